The molecule has 0 bridgehead atoms. The van der Waals surface area contributed by atoms with Gasteiger partial charge >= 0.3 is 0 Å². The van der Waals surface area contributed by atoms with Crippen LogP contribution in [0.4, 0.5) is 5.69 Å². The van der Waals surface area contributed by atoms with Gasteiger partial charge in [0.2, 0.25) is 5.91 Å². The van der Waals surface area contributed by atoms with Gasteiger partial charge in [-0.15, -0.1) is 0 Å². The topological polar surface area (TPSA) is 47.9 Å². The third-order valence-electron chi connectivity index (χ3n) is 4.34. The number of nitrogens with zero attached hydrogens (tertiary/aromatic N) is 3. The molecular weight excluding hydrogens is 288 g/mol. The number of hydrogen-bond acceptors (Lipinski definition) is 4. The van der Waals surface area contributed by atoms with Crippen molar-refractivity contribution < 1.29 is 4.79 Å². The SMILES string of the molecule is CC1CCN(CCC(=O)NN=Cc2ccc(N(C)C)cc2)CC1. The van der Waals surface area contributed by atoms with Crippen LogP contribution in [0.2, 0.25) is 0 Å². The number of nitrogens with one attached hydrogen (secondary N) is 1. The van der Waals surface area contributed by atoms with E-state index in [0.29, 0.717) is 6.42 Å². The van der Waals surface area contributed by atoms with Gasteiger partial charge in [0.15, 0.2) is 0 Å². The lowest BCUT2D eigenvalue weighted by molar-refractivity contribution is -0.121. The summed E-state index contributed by atoms with van der Waals surface area (Å²) >= 11 is 0. The number of hydrazone groups is 1. The van der Waals surface area contributed by atoms with Crippen molar-refractivity contribution in [2.24, 2.45) is 11.0 Å². The Kier molecular flexibility index (Phi) is 6.59. The molecule has 1 aliphatic rings. The third kappa shape index (κ3) is 6.02. The first-order valence-electron chi connectivity index (χ1n) is 8.36. The average molecular weight is 316 g/mol. The van der Waals surface area contributed by atoms with Crippen LogP contribution in [0.15, 0.2) is 29.4 Å². The van der Waals surface area contributed by atoms with E-state index in [0.717, 1.165) is 36.8 Å². The molecule has 1 aromatic carbocycles. The maximum absolute atomic E-state index is 11.8. The second-order valence-corrected chi connectivity index (χ2v) is 6.55. The van der Waals surface area contributed by atoms with Crippen molar-refractivity contribution in [2.45, 2.75) is 26.2 Å². The molecular formula is C18H28N4O. The molecule has 1 amide bonds. The van der Waals surface area contributed by atoms with E-state index in [9.17, 15) is 4.79 Å². The van der Waals surface area contributed by atoms with Gasteiger partial charge < -0.3 is 9.80 Å². The standard InChI is InChI=1S/C18H28N4O/c1-15-8-11-22(12-9-15)13-10-18(23)20-19-14-16-4-6-17(7-5-16)21(2)3/h4-7,14-15H,8-13H2,1-3H3,(H,20,23). The van der Waals surface area contributed by atoms with Gasteiger partial charge in [-0.25, -0.2) is 5.43 Å². The number of piperidine rings is 1. The molecule has 1 heterocycles. The molecule has 1 N–H and O–H groups in total. The second-order valence-electron chi connectivity index (χ2n) is 6.55. The van der Waals surface area contributed by atoms with Crippen LogP contribution in [0.25, 0.3) is 0 Å². The van der Waals surface area contributed by atoms with Crippen molar-refractivity contribution in [2.75, 3.05) is 38.6 Å². The summed E-state index contributed by atoms with van der Waals surface area (Å²) in [6.45, 7) is 5.33. The Morgan fingerprint density at radius 2 is 1.96 bits per heavy atom. The van der Waals surface area contributed by atoms with E-state index in [-0.39, 0.29) is 5.91 Å². The van der Waals surface area contributed by atoms with Crippen LogP contribution < -0.4 is 10.3 Å². The molecule has 0 aromatic heterocycles. The molecule has 126 valence electrons. The number of likely N-dealkylation sites (tertiary alicyclic amines) is 1. The largest absolute Gasteiger partial charge is 0.378 e. The third-order valence-corrected chi connectivity index (χ3v) is 4.34. The lowest BCUT2D eigenvalue weighted by Gasteiger charge is -2.29. The molecule has 0 unspecified atom stereocenters. The van der Waals surface area contributed by atoms with E-state index >= 15 is 0 Å². The lowest BCUT2D eigenvalue weighted by atomic mass is 9.99. The van der Waals surface area contributed by atoms with Crippen molar-refractivity contribution in [3.63, 3.8) is 0 Å². The van der Waals surface area contributed by atoms with E-state index in [1.54, 1.807) is 6.21 Å². The summed E-state index contributed by atoms with van der Waals surface area (Å²) < 4.78 is 0. The van der Waals surface area contributed by atoms with Crippen molar-refractivity contribution >= 4 is 17.8 Å². The smallest absolute Gasteiger partial charge is 0.241 e. The van der Waals surface area contributed by atoms with Gasteiger partial charge in [0.1, 0.15) is 0 Å². The highest BCUT2D eigenvalue weighted by Gasteiger charge is 2.15. The number of benzene rings is 1. The van der Waals surface area contributed by atoms with Crippen LogP contribution in [-0.2, 0) is 4.79 Å². The van der Waals surface area contributed by atoms with Crippen LogP contribution in [0, 0.1) is 5.92 Å². The van der Waals surface area contributed by atoms with Gasteiger partial charge in [-0.3, -0.25) is 4.79 Å². The molecule has 1 saturated heterocycles. The van der Waals surface area contributed by atoms with E-state index in [4.69, 9.17) is 0 Å². The highest BCUT2D eigenvalue weighted by Crippen LogP contribution is 2.15. The molecule has 5 nitrogen and oxygen atoms in total. The maximum Gasteiger partial charge on any atom is 0.241 e. The minimum absolute atomic E-state index is 0.0233. The predicted molar refractivity (Wildman–Crippen MR) is 96.0 cm³/mol. The van der Waals surface area contributed by atoms with Gasteiger partial charge in [-0.1, -0.05) is 19.1 Å². The number of amides is 1. The van der Waals surface area contributed by atoms with Crippen molar-refractivity contribution in [1.29, 1.82) is 0 Å². The quantitative estimate of drug-likeness (QED) is 0.647. The van der Waals surface area contributed by atoms with Crippen LogP contribution in [-0.4, -0.2) is 50.8 Å². The fourth-order valence-corrected chi connectivity index (χ4v) is 2.64. The minimum atomic E-state index is -0.0233. The summed E-state index contributed by atoms with van der Waals surface area (Å²) in [4.78, 5) is 16.2. The van der Waals surface area contributed by atoms with Crippen molar-refractivity contribution in [3.8, 4) is 0 Å². The molecule has 1 fully saturated rings. The van der Waals surface area contributed by atoms with E-state index < -0.39 is 0 Å². The summed E-state index contributed by atoms with van der Waals surface area (Å²) in [5.41, 5.74) is 4.72. The average Bonchev–Trinajstić information content (AvgIpc) is 2.55. The van der Waals surface area contributed by atoms with Crippen LogP contribution in [0.1, 0.15) is 31.7 Å². The first-order valence-corrected chi connectivity index (χ1v) is 8.36. The molecule has 0 spiro atoms. The van der Waals surface area contributed by atoms with E-state index in [1.165, 1.54) is 12.8 Å². The van der Waals surface area contributed by atoms with E-state index in [2.05, 4.69) is 22.4 Å². The number of carbonyl (C=O) groups is 1. The van der Waals surface area contributed by atoms with Crippen molar-refractivity contribution in [3.05, 3.63) is 29.8 Å². The van der Waals surface area contributed by atoms with E-state index in [1.807, 2.05) is 43.3 Å². The monoisotopic (exact) mass is 316 g/mol. The molecule has 1 aromatic rings. The summed E-state index contributed by atoms with van der Waals surface area (Å²) in [5, 5.41) is 4.04. The summed E-state index contributed by atoms with van der Waals surface area (Å²) in [7, 11) is 4.01. The molecule has 5 heteroatoms. The number of rotatable bonds is 6. The van der Waals surface area contributed by atoms with Gasteiger partial charge in [-0.05, 0) is 49.5 Å². The van der Waals surface area contributed by atoms with Crippen molar-refractivity contribution in [1.82, 2.24) is 10.3 Å². The molecule has 23 heavy (non-hydrogen) atoms. The fourth-order valence-electron chi connectivity index (χ4n) is 2.64. The maximum atomic E-state index is 11.8. The highest BCUT2D eigenvalue weighted by molar-refractivity contribution is 5.82. The Morgan fingerprint density at radius 1 is 1.30 bits per heavy atom. The molecule has 0 atom stereocenters. The second kappa shape index (κ2) is 8.67. The van der Waals surface area contributed by atoms with Crippen LogP contribution in [0.3, 0.4) is 0 Å². The molecule has 2 rings (SSSR count). The molecule has 1 aliphatic heterocycles. The number of hydrogen-bond donors (Lipinski definition) is 1. The lowest BCUT2D eigenvalue weighted by Crippen LogP contribution is -2.35. The number of anilines is 1. The predicted octanol–water partition coefficient (Wildman–Crippen LogP) is 2.32. The first kappa shape index (κ1) is 17.5. The summed E-state index contributed by atoms with van der Waals surface area (Å²) in [6, 6.07) is 8.03. The zero-order chi connectivity index (χ0) is 16.7. The van der Waals surface area contributed by atoms with Gasteiger partial charge in [0.05, 0.1) is 6.21 Å². The highest BCUT2D eigenvalue weighted by atomic mass is 16.2. The van der Waals surface area contributed by atoms with Gasteiger partial charge in [0.25, 0.3) is 0 Å². The first-order chi connectivity index (χ1) is 11.0. The zero-order valence-corrected chi connectivity index (χ0v) is 14.5. The number of carbonyl (C=O) groups excluding carboxylic acids is 1. The normalized spacial score (nSPS) is 16.7. The summed E-state index contributed by atoms with van der Waals surface area (Å²) in [5.74, 6) is 0.799. The Hall–Kier alpha value is -1.88. The van der Waals surface area contributed by atoms with Gasteiger partial charge in [-0.2, -0.15) is 5.10 Å². The molecule has 0 aliphatic carbocycles. The fraction of sp³-hybridized carbons (Fsp3) is 0.556. The minimum Gasteiger partial charge on any atom is -0.378 e. The van der Waals surface area contributed by atoms with Crippen LogP contribution >= 0.6 is 0 Å². The Labute approximate surface area is 139 Å². The van der Waals surface area contributed by atoms with Gasteiger partial charge in [0, 0.05) is 32.7 Å². The Balaban J connectivity index is 1.69. The Bertz CT molecular complexity index is 516. The Morgan fingerprint density at radius 3 is 2.57 bits per heavy atom. The molecule has 0 saturated carbocycles. The summed E-state index contributed by atoms with van der Waals surface area (Å²) in [6.07, 6.45) is 4.66. The molecule has 0 radical (unpaired) electrons. The zero-order valence-electron chi connectivity index (χ0n) is 14.5. The van der Waals surface area contributed by atoms with Crippen LogP contribution in [0.5, 0.6) is 0 Å².